The highest BCUT2D eigenvalue weighted by Crippen LogP contribution is 2.26. The predicted molar refractivity (Wildman–Crippen MR) is 90.0 cm³/mol. The maximum absolute atomic E-state index is 12.3. The van der Waals surface area contributed by atoms with Crippen LogP contribution in [0.3, 0.4) is 0 Å². The molecule has 3 rings (SSSR count). The summed E-state index contributed by atoms with van der Waals surface area (Å²) in [4.78, 5) is 15.4. The van der Waals surface area contributed by atoms with Crippen LogP contribution in [0.4, 0.5) is 0 Å². The molecule has 3 heterocycles. The molecular weight excluding hydrogens is 316 g/mol. The molecule has 0 aromatic carbocycles. The van der Waals surface area contributed by atoms with Crippen molar-refractivity contribution in [2.75, 3.05) is 18.8 Å². The fourth-order valence-corrected chi connectivity index (χ4v) is 4.25. The number of nitrogens with zero attached hydrogens (tertiary/aromatic N) is 4. The molecule has 0 N–H and O–H groups in total. The Labute approximate surface area is 138 Å². The Kier molecular flexibility index (Phi) is 4.83. The maximum atomic E-state index is 12.3. The Morgan fingerprint density at radius 2 is 2.36 bits per heavy atom. The Bertz CT molecular complexity index is 638. The number of piperidine rings is 1. The number of carbonyl (C=O) groups excluding carboxylic acids is 1. The number of hydrogen-bond donors (Lipinski definition) is 0. The van der Waals surface area contributed by atoms with Gasteiger partial charge in [0.2, 0.25) is 5.91 Å². The molecule has 2 aromatic rings. The summed E-state index contributed by atoms with van der Waals surface area (Å²) in [5, 5.41) is 11.3. The largest absolute Gasteiger partial charge is 0.342 e. The van der Waals surface area contributed by atoms with Crippen molar-refractivity contribution in [1.82, 2.24) is 19.7 Å². The first-order chi connectivity index (χ1) is 10.6. The van der Waals surface area contributed by atoms with Gasteiger partial charge < -0.3 is 9.47 Å². The van der Waals surface area contributed by atoms with Crippen molar-refractivity contribution in [3.63, 3.8) is 0 Å². The van der Waals surface area contributed by atoms with E-state index in [0.29, 0.717) is 11.7 Å². The number of carbonyl (C=O) groups is 1. The number of hydrogen-bond acceptors (Lipinski definition) is 5. The fraction of sp³-hybridized carbons (Fsp3) is 0.533. The molecule has 1 fully saturated rings. The van der Waals surface area contributed by atoms with Gasteiger partial charge in [-0.25, -0.2) is 0 Å². The van der Waals surface area contributed by atoms with Crippen LogP contribution in [0.2, 0.25) is 0 Å². The highest BCUT2D eigenvalue weighted by Gasteiger charge is 2.21. The van der Waals surface area contributed by atoms with Crippen LogP contribution in [-0.4, -0.2) is 44.4 Å². The highest BCUT2D eigenvalue weighted by atomic mass is 32.2. The molecule has 0 bridgehead atoms. The number of amides is 1. The van der Waals surface area contributed by atoms with Gasteiger partial charge in [0.15, 0.2) is 11.0 Å². The maximum Gasteiger partial charge on any atom is 0.233 e. The lowest BCUT2D eigenvalue weighted by atomic mass is 10.0. The van der Waals surface area contributed by atoms with E-state index in [1.165, 1.54) is 18.2 Å². The van der Waals surface area contributed by atoms with Crippen LogP contribution in [0, 0.1) is 5.92 Å². The third-order valence-corrected chi connectivity index (χ3v) is 5.78. The summed E-state index contributed by atoms with van der Waals surface area (Å²) < 4.78 is 1.96. The molecule has 0 unspecified atom stereocenters. The smallest absolute Gasteiger partial charge is 0.233 e. The zero-order valence-corrected chi connectivity index (χ0v) is 14.5. The van der Waals surface area contributed by atoms with E-state index in [1.54, 1.807) is 11.3 Å². The Morgan fingerprint density at radius 1 is 1.50 bits per heavy atom. The molecule has 1 atom stereocenters. The first kappa shape index (κ1) is 15.6. The van der Waals surface area contributed by atoms with Crippen molar-refractivity contribution in [1.29, 1.82) is 0 Å². The van der Waals surface area contributed by atoms with Gasteiger partial charge >= 0.3 is 0 Å². The van der Waals surface area contributed by atoms with Crippen molar-refractivity contribution >= 4 is 29.0 Å². The molecule has 1 aliphatic heterocycles. The number of rotatable bonds is 4. The van der Waals surface area contributed by atoms with Crippen LogP contribution < -0.4 is 0 Å². The zero-order valence-electron chi connectivity index (χ0n) is 12.9. The third-order valence-electron chi connectivity index (χ3n) is 3.91. The summed E-state index contributed by atoms with van der Waals surface area (Å²) in [5.41, 5.74) is 0. The second-order valence-corrected chi connectivity index (χ2v) is 7.61. The second kappa shape index (κ2) is 6.83. The standard InChI is InChI=1S/C15H20N4OS2/c1-11-5-3-7-19(9-11)13(20)10-22-15-17-16-14(18(15)2)12-6-4-8-21-12/h4,6,8,11H,3,5,7,9-10H2,1-2H3/t11-/m0/s1. The molecule has 118 valence electrons. The Hall–Kier alpha value is -1.34. The molecule has 2 aromatic heterocycles. The second-order valence-electron chi connectivity index (χ2n) is 5.72. The molecule has 22 heavy (non-hydrogen) atoms. The van der Waals surface area contributed by atoms with E-state index in [0.717, 1.165) is 35.4 Å². The average molecular weight is 336 g/mol. The first-order valence-corrected chi connectivity index (χ1v) is 9.35. The molecule has 0 radical (unpaired) electrons. The minimum absolute atomic E-state index is 0.206. The van der Waals surface area contributed by atoms with Gasteiger partial charge in [-0.05, 0) is 30.2 Å². The lowest BCUT2D eigenvalue weighted by Gasteiger charge is -2.30. The number of aromatic nitrogens is 3. The molecule has 0 saturated carbocycles. The molecule has 1 amide bonds. The fourth-order valence-electron chi connectivity index (χ4n) is 2.69. The van der Waals surface area contributed by atoms with Gasteiger partial charge in [-0.3, -0.25) is 4.79 Å². The van der Waals surface area contributed by atoms with Gasteiger partial charge in [0.25, 0.3) is 0 Å². The summed E-state index contributed by atoms with van der Waals surface area (Å²) in [6, 6.07) is 4.03. The molecule has 5 nitrogen and oxygen atoms in total. The van der Waals surface area contributed by atoms with Crippen molar-refractivity contribution in [3.8, 4) is 10.7 Å². The molecular formula is C15H20N4OS2. The van der Waals surface area contributed by atoms with E-state index in [2.05, 4.69) is 17.1 Å². The summed E-state index contributed by atoms with van der Waals surface area (Å²) in [7, 11) is 1.95. The van der Waals surface area contributed by atoms with Crippen LogP contribution in [-0.2, 0) is 11.8 Å². The predicted octanol–water partition coefficient (Wildman–Crippen LogP) is 2.89. The third kappa shape index (κ3) is 3.35. The molecule has 1 saturated heterocycles. The van der Waals surface area contributed by atoms with Crippen LogP contribution in [0.15, 0.2) is 22.7 Å². The van der Waals surface area contributed by atoms with E-state index in [9.17, 15) is 4.79 Å². The number of thioether (sulfide) groups is 1. The van der Waals surface area contributed by atoms with Gasteiger partial charge in [-0.1, -0.05) is 24.8 Å². The van der Waals surface area contributed by atoms with Crippen LogP contribution >= 0.6 is 23.1 Å². The van der Waals surface area contributed by atoms with Crippen molar-refractivity contribution in [2.24, 2.45) is 13.0 Å². The van der Waals surface area contributed by atoms with E-state index in [-0.39, 0.29) is 5.91 Å². The molecule has 0 spiro atoms. The highest BCUT2D eigenvalue weighted by molar-refractivity contribution is 7.99. The SMILES string of the molecule is C[C@H]1CCCN(C(=O)CSc2nnc(-c3cccs3)n2C)C1. The zero-order chi connectivity index (χ0) is 15.5. The van der Waals surface area contributed by atoms with E-state index < -0.39 is 0 Å². The molecule has 1 aliphatic rings. The summed E-state index contributed by atoms with van der Waals surface area (Å²) >= 11 is 3.11. The Balaban J connectivity index is 1.61. The van der Waals surface area contributed by atoms with E-state index in [1.807, 2.05) is 34.0 Å². The summed E-state index contributed by atoms with van der Waals surface area (Å²) in [6.07, 6.45) is 2.34. The van der Waals surface area contributed by atoms with Gasteiger partial charge in [-0.15, -0.1) is 21.5 Å². The number of thiophene rings is 1. The quantitative estimate of drug-likeness (QED) is 0.806. The van der Waals surface area contributed by atoms with Gasteiger partial charge in [-0.2, -0.15) is 0 Å². The Morgan fingerprint density at radius 3 is 3.09 bits per heavy atom. The van der Waals surface area contributed by atoms with Gasteiger partial charge in [0.05, 0.1) is 10.6 Å². The van der Waals surface area contributed by atoms with Crippen molar-refractivity contribution in [3.05, 3.63) is 17.5 Å². The van der Waals surface area contributed by atoms with Crippen molar-refractivity contribution < 1.29 is 4.79 Å². The van der Waals surface area contributed by atoms with Crippen LogP contribution in [0.25, 0.3) is 10.7 Å². The summed E-state index contributed by atoms with van der Waals surface area (Å²) in [5.74, 6) is 2.11. The van der Waals surface area contributed by atoms with E-state index >= 15 is 0 Å². The monoisotopic (exact) mass is 336 g/mol. The van der Waals surface area contributed by atoms with Gasteiger partial charge in [0.1, 0.15) is 0 Å². The molecule has 7 heteroatoms. The topological polar surface area (TPSA) is 51.0 Å². The average Bonchev–Trinajstić information content (AvgIpc) is 3.14. The molecule has 0 aliphatic carbocycles. The van der Waals surface area contributed by atoms with Crippen LogP contribution in [0.5, 0.6) is 0 Å². The number of likely N-dealkylation sites (tertiary alicyclic amines) is 1. The van der Waals surface area contributed by atoms with E-state index in [4.69, 9.17) is 0 Å². The first-order valence-electron chi connectivity index (χ1n) is 7.49. The summed E-state index contributed by atoms with van der Waals surface area (Å²) in [6.45, 7) is 3.99. The van der Waals surface area contributed by atoms with Crippen LogP contribution in [0.1, 0.15) is 19.8 Å². The van der Waals surface area contributed by atoms with Crippen molar-refractivity contribution in [2.45, 2.75) is 24.9 Å². The normalized spacial score (nSPS) is 18.6. The minimum atomic E-state index is 0.206. The minimum Gasteiger partial charge on any atom is -0.342 e. The van der Waals surface area contributed by atoms with Gasteiger partial charge in [0, 0.05) is 20.1 Å². The lowest BCUT2D eigenvalue weighted by molar-refractivity contribution is -0.130. The lowest BCUT2D eigenvalue weighted by Crippen LogP contribution is -2.40.